The van der Waals surface area contributed by atoms with Crippen LogP contribution in [-0.4, -0.2) is 26.2 Å². The summed E-state index contributed by atoms with van der Waals surface area (Å²) in [6.07, 6.45) is 0.878. The molecule has 0 spiro atoms. The summed E-state index contributed by atoms with van der Waals surface area (Å²) in [6, 6.07) is 11.3. The quantitative estimate of drug-likeness (QED) is 0.772. The Labute approximate surface area is 123 Å². The third-order valence-corrected chi connectivity index (χ3v) is 3.33. The number of aromatic nitrogens is 3. The number of benzene rings is 1. The van der Waals surface area contributed by atoms with E-state index in [1.807, 2.05) is 42.6 Å². The Hall–Kier alpha value is -2.56. The number of aryl methyl sites for hydroxylation is 2. The molecule has 0 fully saturated rings. The Morgan fingerprint density at radius 3 is 2.62 bits per heavy atom. The lowest BCUT2D eigenvalue weighted by molar-refractivity contribution is 0.475. The number of hydrogen-bond acceptors (Lipinski definition) is 4. The zero-order chi connectivity index (χ0) is 14.8. The molecule has 0 saturated heterocycles. The van der Waals surface area contributed by atoms with Crippen molar-refractivity contribution in [2.45, 2.75) is 20.3 Å². The van der Waals surface area contributed by atoms with Crippen molar-refractivity contribution >= 4 is 11.5 Å². The van der Waals surface area contributed by atoms with Crippen LogP contribution < -0.4 is 5.32 Å². The number of phenols is 1. The van der Waals surface area contributed by atoms with E-state index >= 15 is 0 Å². The first-order valence-electron chi connectivity index (χ1n) is 6.97. The Morgan fingerprint density at radius 1 is 1.10 bits per heavy atom. The molecule has 2 N–H and O–H groups in total. The molecule has 0 unspecified atom stereocenters. The van der Waals surface area contributed by atoms with E-state index in [1.54, 1.807) is 12.1 Å². The Bertz CT molecular complexity index is 762. The van der Waals surface area contributed by atoms with Gasteiger partial charge in [-0.3, -0.25) is 0 Å². The van der Waals surface area contributed by atoms with Gasteiger partial charge in [0.25, 0.3) is 0 Å². The topological polar surface area (TPSA) is 62.5 Å². The van der Waals surface area contributed by atoms with E-state index in [0.717, 1.165) is 35.8 Å². The molecule has 0 atom stereocenters. The van der Waals surface area contributed by atoms with E-state index in [-0.39, 0.29) is 0 Å². The molecule has 0 saturated carbocycles. The lowest BCUT2D eigenvalue weighted by atomic mass is 10.1. The summed E-state index contributed by atoms with van der Waals surface area (Å²) in [6.45, 7) is 4.74. The minimum absolute atomic E-state index is 0.296. The van der Waals surface area contributed by atoms with Gasteiger partial charge in [0, 0.05) is 24.4 Å². The van der Waals surface area contributed by atoms with Gasteiger partial charge >= 0.3 is 0 Å². The number of nitrogens with zero attached hydrogens (tertiary/aromatic N) is 3. The Kier molecular flexibility index (Phi) is 3.48. The molecular weight excluding hydrogens is 264 g/mol. The van der Waals surface area contributed by atoms with Gasteiger partial charge in [-0.1, -0.05) is 12.1 Å². The molecule has 0 aliphatic heterocycles. The van der Waals surface area contributed by atoms with E-state index in [2.05, 4.69) is 15.4 Å². The zero-order valence-electron chi connectivity index (χ0n) is 12.2. The van der Waals surface area contributed by atoms with Crippen LogP contribution in [0.5, 0.6) is 5.75 Å². The van der Waals surface area contributed by atoms with E-state index in [0.29, 0.717) is 5.75 Å². The molecule has 0 amide bonds. The van der Waals surface area contributed by atoms with Crippen LogP contribution in [0, 0.1) is 13.8 Å². The number of phenolic OH excluding ortho intramolecular Hbond substituents is 1. The van der Waals surface area contributed by atoms with Crippen molar-refractivity contribution in [3.05, 3.63) is 53.3 Å². The summed E-state index contributed by atoms with van der Waals surface area (Å²) in [5, 5.41) is 17.1. The summed E-state index contributed by atoms with van der Waals surface area (Å²) in [5.41, 5.74) is 3.96. The maximum absolute atomic E-state index is 9.28. The number of hydrogen-bond donors (Lipinski definition) is 2. The lowest BCUT2D eigenvalue weighted by Crippen LogP contribution is -2.10. The maximum atomic E-state index is 9.28. The molecule has 2 aromatic heterocycles. The highest BCUT2D eigenvalue weighted by atomic mass is 16.3. The average Bonchev–Trinajstić information content (AvgIpc) is 2.81. The first-order chi connectivity index (χ1) is 10.1. The second-order valence-electron chi connectivity index (χ2n) is 5.18. The summed E-state index contributed by atoms with van der Waals surface area (Å²) >= 11 is 0. The van der Waals surface area contributed by atoms with Crippen molar-refractivity contribution in [2.24, 2.45) is 0 Å². The minimum atomic E-state index is 0.296. The number of rotatable bonds is 4. The molecule has 21 heavy (non-hydrogen) atoms. The van der Waals surface area contributed by atoms with Crippen LogP contribution in [0.15, 0.2) is 36.4 Å². The normalized spacial score (nSPS) is 11.0. The number of aromatic hydroxyl groups is 1. The fourth-order valence-corrected chi connectivity index (χ4v) is 2.34. The predicted molar refractivity (Wildman–Crippen MR) is 82.8 cm³/mol. The molecule has 0 bridgehead atoms. The molecule has 108 valence electrons. The van der Waals surface area contributed by atoms with Gasteiger partial charge < -0.3 is 10.4 Å². The zero-order valence-corrected chi connectivity index (χ0v) is 12.2. The maximum Gasteiger partial charge on any atom is 0.157 e. The van der Waals surface area contributed by atoms with Crippen molar-refractivity contribution in [3.63, 3.8) is 0 Å². The fourth-order valence-electron chi connectivity index (χ4n) is 2.34. The van der Waals surface area contributed by atoms with Crippen LogP contribution in [0.3, 0.4) is 0 Å². The molecule has 3 rings (SSSR count). The molecule has 0 radical (unpaired) electrons. The van der Waals surface area contributed by atoms with Crippen LogP contribution in [0.2, 0.25) is 0 Å². The third kappa shape index (κ3) is 2.97. The highest BCUT2D eigenvalue weighted by Gasteiger charge is 2.06. The first kappa shape index (κ1) is 13.4. The van der Waals surface area contributed by atoms with Crippen LogP contribution >= 0.6 is 0 Å². The van der Waals surface area contributed by atoms with Crippen LogP contribution in [0.25, 0.3) is 5.65 Å². The Morgan fingerprint density at radius 2 is 1.86 bits per heavy atom. The second kappa shape index (κ2) is 5.44. The molecule has 0 aliphatic carbocycles. The largest absolute Gasteiger partial charge is 0.508 e. The highest BCUT2D eigenvalue weighted by molar-refractivity contribution is 5.50. The van der Waals surface area contributed by atoms with E-state index in [9.17, 15) is 5.11 Å². The minimum Gasteiger partial charge on any atom is -0.508 e. The molecule has 5 nitrogen and oxygen atoms in total. The lowest BCUT2D eigenvalue weighted by Gasteiger charge is -2.09. The van der Waals surface area contributed by atoms with Crippen molar-refractivity contribution < 1.29 is 5.11 Å². The van der Waals surface area contributed by atoms with Crippen molar-refractivity contribution in [1.29, 1.82) is 0 Å². The molecular formula is C16H18N4O. The van der Waals surface area contributed by atoms with Gasteiger partial charge in [-0.05, 0) is 38.0 Å². The van der Waals surface area contributed by atoms with Crippen LogP contribution in [0.4, 0.5) is 5.82 Å². The molecule has 5 heteroatoms. The SMILES string of the molecule is Cc1cc(NCCc2ccc(O)cc2)n2nc(C)cc2n1. The number of anilines is 1. The van der Waals surface area contributed by atoms with Crippen molar-refractivity contribution in [2.75, 3.05) is 11.9 Å². The van der Waals surface area contributed by atoms with Gasteiger partial charge in [0.2, 0.25) is 0 Å². The number of nitrogens with one attached hydrogen (secondary N) is 1. The van der Waals surface area contributed by atoms with E-state index in [4.69, 9.17) is 0 Å². The summed E-state index contributed by atoms with van der Waals surface area (Å²) in [4.78, 5) is 4.47. The molecule has 1 aromatic carbocycles. The summed E-state index contributed by atoms with van der Waals surface area (Å²) in [5.74, 6) is 1.24. The van der Waals surface area contributed by atoms with Crippen molar-refractivity contribution in [3.8, 4) is 5.75 Å². The van der Waals surface area contributed by atoms with Crippen LogP contribution in [-0.2, 0) is 6.42 Å². The number of fused-ring (bicyclic) bond motifs is 1. The second-order valence-corrected chi connectivity index (χ2v) is 5.18. The van der Waals surface area contributed by atoms with Gasteiger partial charge in [0.1, 0.15) is 11.6 Å². The van der Waals surface area contributed by atoms with Gasteiger partial charge in [-0.15, -0.1) is 0 Å². The predicted octanol–water partition coefficient (Wildman–Crippen LogP) is 2.71. The smallest absolute Gasteiger partial charge is 0.157 e. The monoisotopic (exact) mass is 282 g/mol. The standard InChI is InChI=1S/C16H18N4O/c1-11-9-15(20-16(18-11)10-12(2)19-20)17-8-7-13-3-5-14(21)6-4-13/h3-6,9-10,17,21H,7-8H2,1-2H3. The van der Waals surface area contributed by atoms with E-state index in [1.165, 1.54) is 5.56 Å². The summed E-state index contributed by atoms with van der Waals surface area (Å²) in [7, 11) is 0. The van der Waals surface area contributed by atoms with Crippen molar-refractivity contribution in [1.82, 2.24) is 14.6 Å². The van der Waals surface area contributed by atoms with E-state index < -0.39 is 0 Å². The molecule has 3 aromatic rings. The Balaban J connectivity index is 1.74. The highest BCUT2D eigenvalue weighted by Crippen LogP contribution is 2.14. The third-order valence-electron chi connectivity index (χ3n) is 3.33. The molecule has 0 aliphatic rings. The summed E-state index contributed by atoms with van der Waals surface area (Å²) < 4.78 is 1.83. The van der Waals surface area contributed by atoms with Gasteiger partial charge in [0.15, 0.2) is 5.65 Å². The fraction of sp³-hybridized carbons (Fsp3) is 0.250. The van der Waals surface area contributed by atoms with Crippen LogP contribution in [0.1, 0.15) is 17.0 Å². The molecule has 2 heterocycles. The van der Waals surface area contributed by atoms with Gasteiger partial charge in [-0.2, -0.15) is 9.61 Å². The van der Waals surface area contributed by atoms with Gasteiger partial charge in [0.05, 0.1) is 5.69 Å². The average molecular weight is 282 g/mol. The van der Waals surface area contributed by atoms with Gasteiger partial charge in [-0.25, -0.2) is 4.98 Å². The first-order valence-corrected chi connectivity index (χ1v) is 6.97.